The molecule has 0 unspecified atom stereocenters. The summed E-state index contributed by atoms with van der Waals surface area (Å²) in [5, 5.41) is 5.66. The fourth-order valence-electron chi connectivity index (χ4n) is 1.41. The van der Waals surface area contributed by atoms with E-state index < -0.39 is 0 Å². The first-order valence-corrected chi connectivity index (χ1v) is 6.23. The molecular formula is C12H11ClFNS. The Labute approximate surface area is 103 Å². The van der Waals surface area contributed by atoms with E-state index in [0.717, 1.165) is 18.7 Å². The molecule has 0 spiro atoms. The predicted molar refractivity (Wildman–Crippen MR) is 67.9 cm³/mol. The normalized spacial score (nSPS) is 10.4. The number of hydrogen-bond acceptors (Lipinski definition) is 2. The first-order chi connectivity index (χ1) is 7.75. The maximum atomic E-state index is 12.8. The zero-order chi connectivity index (χ0) is 11.4. The van der Waals surface area contributed by atoms with E-state index in [1.54, 1.807) is 17.4 Å². The van der Waals surface area contributed by atoms with Crippen LogP contribution in [0, 0.1) is 5.82 Å². The maximum absolute atomic E-state index is 12.8. The van der Waals surface area contributed by atoms with E-state index in [1.807, 2.05) is 6.07 Å². The molecule has 2 rings (SSSR count). The van der Waals surface area contributed by atoms with Gasteiger partial charge in [-0.1, -0.05) is 17.7 Å². The second-order valence-electron chi connectivity index (χ2n) is 3.38. The van der Waals surface area contributed by atoms with Crippen LogP contribution in [0.2, 0.25) is 5.02 Å². The van der Waals surface area contributed by atoms with Gasteiger partial charge < -0.3 is 5.32 Å². The van der Waals surface area contributed by atoms with Gasteiger partial charge in [-0.25, -0.2) is 4.39 Å². The largest absolute Gasteiger partial charge is 0.383 e. The van der Waals surface area contributed by atoms with Gasteiger partial charge in [-0.2, -0.15) is 0 Å². The summed E-state index contributed by atoms with van der Waals surface area (Å²) in [6, 6.07) is 8.50. The van der Waals surface area contributed by atoms with Crippen molar-refractivity contribution in [3.8, 4) is 0 Å². The summed E-state index contributed by atoms with van der Waals surface area (Å²) in [4.78, 5) is 1.32. The van der Waals surface area contributed by atoms with Gasteiger partial charge in [0, 0.05) is 11.4 Å². The van der Waals surface area contributed by atoms with Gasteiger partial charge in [-0.15, -0.1) is 11.3 Å². The summed E-state index contributed by atoms with van der Waals surface area (Å²) < 4.78 is 12.8. The van der Waals surface area contributed by atoms with E-state index >= 15 is 0 Å². The Hall–Kier alpha value is -1.06. The minimum Gasteiger partial charge on any atom is -0.383 e. The minimum atomic E-state index is -0.311. The number of hydrogen-bond donors (Lipinski definition) is 1. The Morgan fingerprint density at radius 2 is 2.19 bits per heavy atom. The van der Waals surface area contributed by atoms with Crippen LogP contribution in [0.5, 0.6) is 0 Å². The van der Waals surface area contributed by atoms with Crippen molar-refractivity contribution in [2.75, 3.05) is 11.9 Å². The Morgan fingerprint density at radius 1 is 1.31 bits per heavy atom. The molecule has 0 aliphatic heterocycles. The van der Waals surface area contributed by atoms with Crippen LogP contribution in [0.4, 0.5) is 10.1 Å². The van der Waals surface area contributed by atoms with Crippen molar-refractivity contribution in [1.82, 2.24) is 0 Å². The lowest BCUT2D eigenvalue weighted by Gasteiger charge is -2.07. The topological polar surface area (TPSA) is 12.0 Å². The predicted octanol–water partition coefficient (Wildman–Crippen LogP) is 4.20. The summed E-state index contributed by atoms with van der Waals surface area (Å²) in [5.41, 5.74) is 0.777. The number of benzene rings is 1. The lowest BCUT2D eigenvalue weighted by Crippen LogP contribution is -2.04. The first kappa shape index (κ1) is 11.4. The number of halogens is 2. The molecule has 0 amide bonds. The maximum Gasteiger partial charge on any atom is 0.124 e. The van der Waals surface area contributed by atoms with E-state index in [0.29, 0.717) is 5.02 Å². The van der Waals surface area contributed by atoms with E-state index in [-0.39, 0.29) is 5.82 Å². The number of nitrogens with one attached hydrogen (secondary N) is 1. The Bertz CT molecular complexity index is 456. The molecule has 1 heterocycles. The summed E-state index contributed by atoms with van der Waals surface area (Å²) >= 11 is 7.62. The molecule has 1 aromatic heterocycles. The molecular weight excluding hydrogens is 245 g/mol. The Balaban J connectivity index is 1.90. The Kier molecular flexibility index (Phi) is 3.80. The first-order valence-electron chi connectivity index (χ1n) is 4.97. The zero-order valence-electron chi connectivity index (χ0n) is 8.54. The highest BCUT2D eigenvalue weighted by Crippen LogP contribution is 2.22. The van der Waals surface area contributed by atoms with Crippen LogP contribution in [-0.4, -0.2) is 6.54 Å². The summed E-state index contributed by atoms with van der Waals surface area (Å²) in [6.45, 7) is 0.797. The quantitative estimate of drug-likeness (QED) is 0.864. The van der Waals surface area contributed by atoms with Crippen molar-refractivity contribution < 1.29 is 4.39 Å². The van der Waals surface area contributed by atoms with Gasteiger partial charge in [0.2, 0.25) is 0 Å². The van der Waals surface area contributed by atoms with Crippen molar-refractivity contribution in [2.45, 2.75) is 6.42 Å². The molecule has 1 nitrogen and oxygen atoms in total. The molecule has 84 valence electrons. The molecule has 2 aromatic rings. The second kappa shape index (κ2) is 5.32. The highest BCUT2D eigenvalue weighted by molar-refractivity contribution is 7.09. The molecule has 0 saturated carbocycles. The molecule has 0 atom stereocenters. The molecule has 0 aliphatic rings. The van der Waals surface area contributed by atoms with Crippen LogP contribution >= 0.6 is 22.9 Å². The van der Waals surface area contributed by atoms with Gasteiger partial charge >= 0.3 is 0 Å². The lowest BCUT2D eigenvalue weighted by molar-refractivity contribution is 0.628. The fraction of sp³-hybridized carbons (Fsp3) is 0.167. The van der Waals surface area contributed by atoms with Gasteiger partial charge in [-0.05, 0) is 36.1 Å². The summed E-state index contributed by atoms with van der Waals surface area (Å²) in [7, 11) is 0. The van der Waals surface area contributed by atoms with E-state index in [9.17, 15) is 4.39 Å². The third-order valence-electron chi connectivity index (χ3n) is 2.20. The van der Waals surface area contributed by atoms with Crippen LogP contribution in [0.25, 0.3) is 0 Å². The third kappa shape index (κ3) is 2.97. The van der Waals surface area contributed by atoms with Gasteiger partial charge in [-0.3, -0.25) is 0 Å². The van der Waals surface area contributed by atoms with Crippen LogP contribution in [-0.2, 0) is 6.42 Å². The minimum absolute atomic E-state index is 0.311. The fourth-order valence-corrected chi connectivity index (χ4v) is 2.35. The molecule has 0 aliphatic carbocycles. The van der Waals surface area contributed by atoms with Crippen molar-refractivity contribution >= 4 is 28.6 Å². The van der Waals surface area contributed by atoms with Gasteiger partial charge in [0.15, 0.2) is 0 Å². The molecule has 1 aromatic carbocycles. The van der Waals surface area contributed by atoms with Crippen LogP contribution in [0.15, 0.2) is 35.7 Å². The van der Waals surface area contributed by atoms with E-state index in [1.165, 1.54) is 17.0 Å². The van der Waals surface area contributed by atoms with Crippen LogP contribution < -0.4 is 5.32 Å². The summed E-state index contributed by atoms with van der Waals surface area (Å²) in [6.07, 6.45) is 0.950. The molecule has 1 N–H and O–H groups in total. The average molecular weight is 256 g/mol. The zero-order valence-corrected chi connectivity index (χ0v) is 10.1. The third-order valence-corrected chi connectivity index (χ3v) is 3.45. The molecule has 0 bridgehead atoms. The van der Waals surface area contributed by atoms with Crippen molar-refractivity contribution in [2.24, 2.45) is 0 Å². The molecule has 0 fully saturated rings. The molecule has 4 heteroatoms. The van der Waals surface area contributed by atoms with Gasteiger partial charge in [0.05, 0.1) is 10.7 Å². The van der Waals surface area contributed by atoms with Gasteiger partial charge in [0.25, 0.3) is 0 Å². The standard InChI is InChI=1S/C12H11ClFNS/c13-11-8-9(14)3-4-12(11)15-6-5-10-2-1-7-16-10/h1-4,7-8,15H,5-6H2. The van der Waals surface area contributed by atoms with Crippen LogP contribution in [0.3, 0.4) is 0 Å². The van der Waals surface area contributed by atoms with E-state index in [2.05, 4.69) is 16.8 Å². The molecule has 0 saturated heterocycles. The molecule has 16 heavy (non-hydrogen) atoms. The van der Waals surface area contributed by atoms with Crippen molar-refractivity contribution in [1.29, 1.82) is 0 Å². The Morgan fingerprint density at radius 3 is 2.88 bits per heavy atom. The smallest absolute Gasteiger partial charge is 0.124 e. The lowest BCUT2D eigenvalue weighted by atomic mass is 10.3. The van der Waals surface area contributed by atoms with Gasteiger partial charge in [0.1, 0.15) is 5.82 Å². The number of rotatable bonds is 4. The molecule has 0 radical (unpaired) electrons. The second-order valence-corrected chi connectivity index (χ2v) is 4.82. The number of thiophene rings is 1. The number of anilines is 1. The SMILES string of the molecule is Fc1ccc(NCCc2cccs2)c(Cl)c1. The van der Waals surface area contributed by atoms with Crippen molar-refractivity contribution in [3.63, 3.8) is 0 Å². The average Bonchev–Trinajstić information content (AvgIpc) is 2.74. The monoisotopic (exact) mass is 255 g/mol. The highest BCUT2D eigenvalue weighted by atomic mass is 35.5. The van der Waals surface area contributed by atoms with E-state index in [4.69, 9.17) is 11.6 Å². The highest BCUT2D eigenvalue weighted by Gasteiger charge is 2.01. The summed E-state index contributed by atoms with van der Waals surface area (Å²) in [5.74, 6) is -0.311. The van der Waals surface area contributed by atoms with Crippen molar-refractivity contribution in [3.05, 3.63) is 51.4 Å². The van der Waals surface area contributed by atoms with Crippen LogP contribution in [0.1, 0.15) is 4.88 Å².